The lowest BCUT2D eigenvalue weighted by Crippen LogP contribution is -2.11. The fourth-order valence-corrected chi connectivity index (χ4v) is 2.36. The number of fused-ring (bicyclic) bond motifs is 1. The number of nitrogens with one attached hydrogen (secondary N) is 1. The highest BCUT2D eigenvalue weighted by atomic mass is 79.9. The summed E-state index contributed by atoms with van der Waals surface area (Å²) in [5.41, 5.74) is 6.95. The Kier molecular flexibility index (Phi) is 3.12. The van der Waals surface area contributed by atoms with Gasteiger partial charge in [0.05, 0.1) is 11.2 Å². The van der Waals surface area contributed by atoms with Crippen molar-refractivity contribution in [1.29, 1.82) is 0 Å². The van der Waals surface area contributed by atoms with Crippen molar-refractivity contribution in [1.82, 2.24) is 4.98 Å². The zero-order valence-corrected chi connectivity index (χ0v) is 10.9. The summed E-state index contributed by atoms with van der Waals surface area (Å²) in [4.78, 5) is 4.58. The number of anilines is 1. The molecule has 0 unspecified atom stereocenters. The zero-order valence-electron chi connectivity index (χ0n) is 9.34. The van der Waals surface area contributed by atoms with Gasteiger partial charge in [0, 0.05) is 15.6 Å². The van der Waals surface area contributed by atoms with E-state index in [4.69, 9.17) is 5.84 Å². The molecule has 0 aliphatic carbocycles. The third kappa shape index (κ3) is 1.79. The average molecular weight is 280 g/mol. The molecule has 0 spiro atoms. The molecule has 1 heterocycles. The lowest BCUT2D eigenvalue weighted by molar-refractivity contribution is 1.06. The SMILES string of the molecule is CCc1c(C)nc2ccc(Br)cc2c1NN. The van der Waals surface area contributed by atoms with E-state index in [0.29, 0.717) is 0 Å². The minimum atomic E-state index is 0.917. The van der Waals surface area contributed by atoms with Crippen LogP contribution >= 0.6 is 15.9 Å². The molecule has 4 heteroatoms. The van der Waals surface area contributed by atoms with E-state index in [9.17, 15) is 0 Å². The van der Waals surface area contributed by atoms with Crippen LogP contribution in [0.4, 0.5) is 5.69 Å². The molecule has 0 aliphatic rings. The van der Waals surface area contributed by atoms with Gasteiger partial charge in [-0.1, -0.05) is 22.9 Å². The van der Waals surface area contributed by atoms with E-state index < -0.39 is 0 Å². The number of nitrogens with two attached hydrogens (primary N) is 1. The van der Waals surface area contributed by atoms with E-state index in [1.807, 2.05) is 25.1 Å². The minimum Gasteiger partial charge on any atom is -0.323 e. The number of hydrazine groups is 1. The average Bonchev–Trinajstić information content (AvgIpc) is 2.28. The number of aromatic nitrogens is 1. The molecule has 0 bridgehead atoms. The first kappa shape index (κ1) is 11.4. The van der Waals surface area contributed by atoms with E-state index in [0.717, 1.165) is 33.2 Å². The van der Waals surface area contributed by atoms with Gasteiger partial charge < -0.3 is 5.43 Å². The van der Waals surface area contributed by atoms with Gasteiger partial charge in [-0.2, -0.15) is 0 Å². The summed E-state index contributed by atoms with van der Waals surface area (Å²) in [5, 5.41) is 1.05. The minimum absolute atomic E-state index is 0.917. The molecule has 0 fully saturated rings. The van der Waals surface area contributed by atoms with Gasteiger partial charge in [-0.05, 0) is 37.1 Å². The largest absolute Gasteiger partial charge is 0.323 e. The highest BCUT2D eigenvalue weighted by molar-refractivity contribution is 9.10. The molecule has 84 valence electrons. The second-order valence-corrected chi connectivity index (χ2v) is 4.63. The maximum absolute atomic E-state index is 5.62. The second kappa shape index (κ2) is 4.39. The molecule has 0 aliphatic heterocycles. The smallest absolute Gasteiger partial charge is 0.0727 e. The van der Waals surface area contributed by atoms with Crippen molar-refractivity contribution < 1.29 is 0 Å². The van der Waals surface area contributed by atoms with Gasteiger partial charge in [-0.3, -0.25) is 10.8 Å². The highest BCUT2D eigenvalue weighted by Gasteiger charge is 2.10. The molecular weight excluding hydrogens is 266 g/mol. The third-order valence-electron chi connectivity index (χ3n) is 2.75. The van der Waals surface area contributed by atoms with Gasteiger partial charge >= 0.3 is 0 Å². The fraction of sp³-hybridized carbons (Fsp3) is 0.250. The molecular formula is C12H14BrN3. The van der Waals surface area contributed by atoms with Gasteiger partial charge in [0.15, 0.2) is 0 Å². The summed E-state index contributed by atoms with van der Waals surface area (Å²) < 4.78 is 1.03. The van der Waals surface area contributed by atoms with Crippen molar-refractivity contribution in [3.05, 3.63) is 33.9 Å². The van der Waals surface area contributed by atoms with E-state index in [-0.39, 0.29) is 0 Å². The van der Waals surface area contributed by atoms with Crippen LogP contribution in [0.1, 0.15) is 18.2 Å². The molecule has 2 aromatic rings. The van der Waals surface area contributed by atoms with Crippen LogP contribution < -0.4 is 11.3 Å². The van der Waals surface area contributed by atoms with Gasteiger partial charge in [0.2, 0.25) is 0 Å². The summed E-state index contributed by atoms with van der Waals surface area (Å²) in [6, 6.07) is 6.02. The monoisotopic (exact) mass is 279 g/mol. The van der Waals surface area contributed by atoms with Crippen molar-refractivity contribution >= 4 is 32.5 Å². The normalized spacial score (nSPS) is 10.8. The predicted octanol–water partition coefficient (Wildman–Crippen LogP) is 3.15. The molecule has 0 atom stereocenters. The molecule has 0 amide bonds. The van der Waals surface area contributed by atoms with Crippen molar-refractivity contribution in [3.63, 3.8) is 0 Å². The zero-order chi connectivity index (χ0) is 11.7. The first-order chi connectivity index (χ1) is 7.67. The fourth-order valence-electron chi connectivity index (χ4n) is 2.00. The van der Waals surface area contributed by atoms with Crippen LogP contribution in [0.25, 0.3) is 10.9 Å². The van der Waals surface area contributed by atoms with Crippen LogP contribution in [-0.4, -0.2) is 4.98 Å². The Hall–Kier alpha value is -1.13. The van der Waals surface area contributed by atoms with Crippen LogP contribution in [-0.2, 0) is 6.42 Å². The first-order valence-corrected chi connectivity index (χ1v) is 6.02. The van der Waals surface area contributed by atoms with Gasteiger partial charge in [0.25, 0.3) is 0 Å². The summed E-state index contributed by atoms with van der Waals surface area (Å²) in [6.45, 7) is 4.12. The summed E-state index contributed by atoms with van der Waals surface area (Å²) in [7, 11) is 0. The van der Waals surface area contributed by atoms with Gasteiger partial charge in [0.1, 0.15) is 0 Å². The molecule has 16 heavy (non-hydrogen) atoms. The Bertz CT molecular complexity index is 537. The van der Waals surface area contributed by atoms with E-state index in [2.05, 4.69) is 33.3 Å². The number of hydrogen-bond donors (Lipinski definition) is 2. The number of nitrogen functional groups attached to an aromatic ring is 1. The Labute approximate surface area is 103 Å². The van der Waals surface area contributed by atoms with Crippen LogP contribution in [0.2, 0.25) is 0 Å². The van der Waals surface area contributed by atoms with Crippen LogP contribution in [0.5, 0.6) is 0 Å². The summed E-state index contributed by atoms with van der Waals surface area (Å²) >= 11 is 3.46. The van der Waals surface area contributed by atoms with Crippen molar-refractivity contribution in [2.75, 3.05) is 5.43 Å². The number of rotatable bonds is 2. The molecule has 0 saturated heterocycles. The molecule has 3 nitrogen and oxygen atoms in total. The lowest BCUT2D eigenvalue weighted by atomic mass is 10.0. The number of benzene rings is 1. The van der Waals surface area contributed by atoms with Crippen molar-refractivity contribution in [2.24, 2.45) is 5.84 Å². The quantitative estimate of drug-likeness (QED) is 0.656. The Morgan fingerprint density at radius 3 is 2.81 bits per heavy atom. The number of pyridine rings is 1. The molecule has 1 aromatic heterocycles. The molecule has 0 radical (unpaired) electrons. The Balaban J connectivity index is 2.86. The van der Waals surface area contributed by atoms with Gasteiger partial charge in [-0.15, -0.1) is 0 Å². The topological polar surface area (TPSA) is 50.9 Å². The van der Waals surface area contributed by atoms with E-state index in [1.54, 1.807) is 0 Å². The van der Waals surface area contributed by atoms with Gasteiger partial charge in [-0.25, -0.2) is 0 Å². The van der Waals surface area contributed by atoms with E-state index >= 15 is 0 Å². The van der Waals surface area contributed by atoms with Crippen LogP contribution in [0.3, 0.4) is 0 Å². The lowest BCUT2D eigenvalue weighted by Gasteiger charge is -2.13. The van der Waals surface area contributed by atoms with Crippen LogP contribution in [0, 0.1) is 6.92 Å². The highest BCUT2D eigenvalue weighted by Crippen LogP contribution is 2.30. The molecule has 0 saturated carbocycles. The second-order valence-electron chi connectivity index (χ2n) is 3.71. The number of nitrogens with zero attached hydrogens (tertiary/aromatic N) is 1. The Morgan fingerprint density at radius 1 is 1.44 bits per heavy atom. The number of hydrogen-bond acceptors (Lipinski definition) is 3. The summed E-state index contributed by atoms with van der Waals surface area (Å²) in [6.07, 6.45) is 0.917. The number of aryl methyl sites for hydroxylation is 1. The molecule has 2 rings (SSSR count). The van der Waals surface area contributed by atoms with Crippen molar-refractivity contribution in [3.8, 4) is 0 Å². The standard InChI is InChI=1S/C12H14BrN3/c1-3-9-7(2)15-11-5-4-8(13)6-10(11)12(9)16-14/h4-6H,3,14H2,1-2H3,(H,15,16). The maximum atomic E-state index is 5.62. The van der Waals surface area contributed by atoms with Crippen LogP contribution in [0.15, 0.2) is 22.7 Å². The van der Waals surface area contributed by atoms with Crippen molar-refractivity contribution in [2.45, 2.75) is 20.3 Å². The maximum Gasteiger partial charge on any atom is 0.0727 e. The molecule has 1 aromatic carbocycles. The Morgan fingerprint density at radius 2 is 2.19 bits per heavy atom. The third-order valence-corrected chi connectivity index (χ3v) is 3.25. The number of halogens is 1. The first-order valence-electron chi connectivity index (χ1n) is 5.22. The summed E-state index contributed by atoms with van der Waals surface area (Å²) in [5.74, 6) is 5.62. The van der Waals surface area contributed by atoms with E-state index in [1.165, 1.54) is 5.56 Å². The molecule has 3 N–H and O–H groups in total. The predicted molar refractivity (Wildman–Crippen MR) is 71.4 cm³/mol.